The van der Waals surface area contributed by atoms with E-state index in [1.54, 1.807) is 4.90 Å². The number of aromatic nitrogens is 4. The lowest BCUT2D eigenvalue weighted by Gasteiger charge is -2.36. The van der Waals surface area contributed by atoms with Crippen molar-refractivity contribution in [1.82, 2.24) is 29.8 Å². The molecule has 30 heavy (non-hydrogen) atoms. The quantitative estimate of drug-likeness (QED) is 0.677. The van der Waals surface area contributed by atoms with Crippen molar-refractivity contribution >= 4 is 34.9 Å². The standard InChI is InChI=1S/C20H22ClN7O2/c1-13-11-14(2)28-20(23-13)24-18(25-28)19(30)22-12-17(29)27-9-7-26(8-10-27)16-5-3-15(21)4-6-16/h3-6,11H,7-10,12H2,1-2H3,(H,22,30). The number of carbonyl (C=O) groups excluding carboxylic acids is 2. The van der Waals surface area contributed by atoms with Crippen LogP contribution in [0.3, 0.4) is 0 Å². The molecule has 1 aliphatic heterocycles. The van der Waals surface area contributed by atoms with Crippen LogP contribution in [0.1, 0.15) is 22.0 Å². The summed E-state index contributed by atoms with van der Waals surface area (Å²) < 4.78 is 1.51. The summed E-state index contributed by atoms with van der Waals surface area (Å²) in [4.78, 5) is 37.3. The van der Waals surface area contributed by atoms with Crippen LogP contribution in [0, 0.1) is 13.8 Å². The number of hydrogen-bond donors (Lipinski definition) is 1. The van der Waals surface area contributed by atoms with Gasteiger partial charge in [-0.1, -0.05) is 11.6 Å². The van der Waals surface area contributed by atoms with Gasteiger partial charge in [-0.2, -0.15) is 4.98 Å². The average Bonchev–Trinajstić information content (AvgIpc) is 3.17. The van der Waals surface area contributed by atoms with Gasteiger partial charge in [0.05, 0.1) is 6.54 Å². The van der Waals surface area contributed by atoms with E-state index in [4.69, 9.17) is 11.6 Å². The van der Waals surface area contributed by atoms with E-state index < -0.39 is 5.91 Å². The first kappa shape index (κ1) is 20.1. The van der Waals surface area contributed by atoms with Gasteiger partial charge >= 0.3 is 0 Å². The topological polar surface area (TPSA) is 95.7 Å². The molecule has 0 saturated carbocycles. The number of nitrogens with one attached hydrogen (secondary N) is 1. The van der Waals surface area contributed by atoms with Crippen LogP contribution in [-0.2, 0) is 4.79 Å². The smallest absolute Gasteiger partial charge is 0.291 e. The van der Waals surface area contributed by atoms with E-state index in [1.807, 2.05) is 44.2 Å². The summed E-state index contributed by atoms with van der Waals surface area (Å²) in [5.74, 6) is -0.266. The Kier molecular flexibility index (Phi) is 5.54. The normalized spacial score (nSPS) is 14.2. The zero-order chi connectivity index (χ0) is 21.3. The predicted molar refractivity (Wildman–Crippen MR) is 113 cm³/mol. The van der Waals surface area contributed by atoms with E-state index in [1.165, 1.54) is 4.52 Å². The van der Waals surface area contributed by atoms with Crippen LogP contribution in [-0.4, -0.2) is 69.0 Å². The van der Waals surface area contributed by atoms with E-state index in [-0.39, 0.29) is 18.3 Å². The van der Waals surface area contributed by atoms with Gasteiger partial charge in [-0.05, 0) is 44.2 Å². The van der Waals surface area contributed by atoms with Crippen LogP contribution >= 0.6 is 11.6 Å². The minimum absolute atomic E-state index is 0.00319. The van der Waals surface area contributed by atoms with Crippen LogP contribution < -0.4 is 10.2 Å². The molecular formula is C20H22ClN7O2. The van der Waals surface area contributed by atoms with E-state index >= 15 is 0 Å². The van der Waals surface area contributed by atoms with Crippen molar-refractivity contribution in [2.75, 3.05) is 37.6 Å². The first-order chi connectivity index (χ1) is 14.4. The van der Waals surface area contributed by atoms with Gasteiger partial charge in [0.25, 0.3) is 11.7 Å². The molecule has 0 spiro atoms. The van der Waals surface area contributed by atoms with Crippen molar-refractivity contribution in [1.29, 1.82) is 0 Å². The molecule has 0 atom stereocenters. The Morgan fingerprint density at radius 3 is 2.47 bits per heavy atom. The molecule has 2 aromatic heterocycles. The fraction of sp³-hybridized carbons (Fsp3) is 0.350. The number of nitrogens with zero attached hydrogens (tertiary/aromatic N) is 6. The number of benzene rings is 1. The maximum atomic E-state index is 12.5. The molecule has 0 bridgehead atoms. The second-order valence-electron chi connectivity index (χ2n) is 7.21. The number of fused-ring (bicyclic) bond motifs is 1. The van der Waals surface area contributed by atoms with Gasteiger partial charge in [-0.3, -0.25) is 9.59 Å². The number of carbonyl (C=O) groups is 2. The maximum absolute atomic E-state index is 12.5. The Morgan fingerprint density at radius 1 is 1.07 bits per heavy atom. The Hall–Kier alpha value is -3.20. The minimum atomic E-state index is -0.495. The molecular weight excluding hydrogens is 406 g/mol. The van der Waals surface area contributed by atoms with Crippen LogP contribution in [0.15, 0.2) is 30.3 Å². The largest absolute Gasteiger partial charge is 0.368 e. The zero-order valence-corrected chi connectivity index (χ0v) is 17.6. The lowest BCUT2D eigenvalue weighted by Crippen LogP contribution is -2.51. The molecule has 1 N–H and O–H groups in total. The number of amides is 2. The van der Waals surface area contributed by atoms with Crippen molar-refractivity contribution < 1.29 is 9.59 Å². The van der Waals surface area contributed by atoms with Gasteiger partial charge in [0.15, 0.2) is 0 Å². The molecule has 1 saturated heterocycles. The van der Waals surface area contributed by atoms with Crippen molar-refractivity contribution in [2.45, 2.75) is 13.8 Å². The maximum Gasteiger partial charge on any atom is 0.291 e. The summed E-state index contributed by atoms with van der Waals surface area (Å²) in [6, 6.07) is 9.52. The molecule has 0 unspecified atom stereocenters. The fourth-order valence-corrected chi connectivity index (χ4v) is 3.60. The summed E-state index contributed by atoms with van der Waals surface area (Å²) in [7, 11) is 0. The summed E-state index contributed by atoms with van der Waals surface area (Å²) in [6.45, 7) is 6.25. The number of anilines is 1. The summed E-state index contributed by atoms with van der Waals surface area (Å²) in [6.07, 6.45) is 0. The Labute approximate surface area is 178 Å². The van der Waals surface area contributed by atoms with Crippen LogP contribution in [0.5, 0.6) is 0 Å². The fourth-order valence-electron chi connectivity index (χ4n) is 3.48. The molecule has 1 fully saturated rings. The lowest BCUT2D eigenvalue weighted by molar-refractivity contribution is -0.130. The molecule has 2 amide bonds. The van der Waals surface area contributed by atoms with Crippen molar-refractivity contribution in [3.05, 3.63) is 52.6 Å². The molecule has 3 heterocycles. The second-order valence-corrected chi connectivity index (χ2v) is 7.65. The summed E-state index contributed by atoms with van der Waals surface area (Å²) in [5.41, 5.74) is 2.71. The van der Waals surface area contributed by atoms with Gasteiger partial charge in [-0.15, -0.1) is 5.10 Å². The number of hydrogen-bond acceptors (Lipinski definition) is 6. The first-order valence-electron chi connectivity index (χ1n) is 9.68. The average molecular weight is 428 g/mol. The second kappa shape index (κ2) is 8.27. The van der Waals surface area contributed by atoms with E-state index in [2.05, 4.69) is 25.3 Å². The van der Waals surface area contributed by atoms with E-state index in [0.717, 1.165) is 30.2 Å². The minimum Gasteiger partial charge on any atom is -0.368 e. The van der Waals surface area contributed by atoms with Gasteiger partial charge in [0.1, 0.15) is 0 Å². The third-order valence-electron chi connectivity index (χ3n) is 5.05. The molecule has 1 aromatic carbocycles. The highest BCUT2D eigenvalue weighted by atomic mass is 35.5. The highest BCUT2D eigenvalue weighted by molar-refractivity contribution is 6.30. The molecule has 3 aromatic rings. The van der Waals surface area contributed by atoms with E-state index in [0.29, 0.717) is 23.9 Å². The van der Waals surface area contributed by atoms with Crippen LogP contribution in [0.2, 0.25) is 5.02 Å². The van der Waals surface area contributed by atoms with E-state index in [9.17, 15) is 9.59 Å². The SMILES string of the molecule is Cc1cc(C)n2nc(C(=O)NCC(=O)N3CCN(c4ccc(Cl)cc4)CC3)nc2n1. The zero-order valence-electron chi connectivity index (χ0n) is 16.8. The van der Waals surface area contributed by atoms with Crippen molar-refractivity contribution in [3.8, 4) is 0 Å². The summed E-state index contributed by atoms with van der Waals surface area (Å²) >= 11 is 5.94. The van der Waals surface area contributed by atoms with Crippen molar-refractivity contribution in [3.63, 3.8) is 0 Å². The number of halogens is 1. The number of aryl methyl sites for hydroxylation is 2. The Bertz CT molecular complexity index is 1090. The van der Waals surface area contributed by atoms with Gasteiger partial charge in [0, 0.05) is 48.3 Å². The summed E-state index contributed by atoms with van der Waals surface area (Å²) in [5, 5.41) is 7.50. The monoisotopic (exact) mass is 427 g/mol. The molecule has 1 aliphatic rings. The Morgan fingerprint density at radius 2 is 1.77 bits per heavy atom. The Balaban J connectivity index is 1.31. The van der Waals surface area contributed by atoms with Crippen LogP contribution in [0.4, 0.5) is 5.69 Å². The first-order valence-corrected chi connectivity index (χ1v) is 10.1. The predicted octanol–water partition coefficient (Wildman–Crippen LogP) is 1.47. The third-order valence-corrected chi connectivity index (χ3v) is 5.30. The molecule has 156 valence electrons. The highest BCUT2D eigenvalue weighted by Gasteiger charge is 2.22. The number of rotatable bonds is 4. The molecule has 10 heteroatoms. The van der Waals surface area contributed by atoms with Crippen LogP contribution in [0.25, 0.3) is 5.78 Å². The highest BCUT2D eigenvalue weighted by Crippen LogP contribution is 2.19. The molecule has 0 aliphatic carbocycles. The molecule has 4 rings (SSSR count). The van der Waals surface area contributed by atoms with Gasteiger partial charge in [-0.25, -0.2) is 9.50 Å². The number of piperazine rings is 1. The molecule has 9 nitrogen and oxygen atoms in total. The van der Waals surface area contributed by atoms with Crippen molar-refractivity contribution in [2.24, 2.45) is 0 Å². The lowest BCUT2D eigenvalue weighted by atomic mass is 10.2. The molecule has 0 radical (unpaired) electrons. The van der Waals surface area contributed by atoms with Gasteiger partial charge < -0.3 is 15.1 Å². The van der Waals surface area contributed by atoms with Gasteiger partial charge in [0.2, 0.25) is 11.7 Å². The third kappa shape index (κ3) is 4.20.